The number of aromatic nitrogens is 4. The molecular formula is C17H23N5O2. The maximum Gasteiger partial charge on any atom is 0.256 e. The summed E-state index contributed by atoms with van der Waals surface area (Å²) in [5.41, 5.74) is 1.61. The van der Waals surface area contributed by atoms with Gasteiger partial charge in [0.1, 0.15) is 0 Å². The summed E-state index contributed by atoms with van der Waals surface area (Å²) >= 11 is 0. The van der Waals surface area contributed by atoms with Crippen LogP contribution in [0.1, 0.15) is 24.1 Å². The molecule has 0 aliphatic carbocycles. The van der Waals surface area contributed by atoms with Crippen LogP contribution >= 0.6 is 0 Å². The summed E-state index contributed by atoms with van der Waals surface area (Å²) in [6, 6.07) is 1.75. The van der Waals surface area contributed by atoms with E-state index in [1.165, 1.54) is 0 Å². The van der Waals surface area contributed by atoms with Crippen LogP contribution in [-0.4, -0.2) is 39.7 Å². The second kappa shape index (κ2) is 6.98. The number of hydrogen-bond acceptors (Lipinski definition) is 6. The Labute approximate surface area is 141 Å². The van der Waals surface area contributed by atoms with Gasteiger partial charge in [0, 0.05) is 43.2 Å². The number of hydrogen-bond donors (Lipinski definition) is 0. The number of piperidine rings is 1. The fraction of sp³-hybridized carbons (Fsp3) is 0.529. The average molecular weight is 329 g/mol. The zero-order valence-electron chi connectivity index (χ0n) is 14.4. The van der Waals surface area contributed by atoms with Crippen molar-refractivity contribution in [1.82, 2.24) is 19.5 Å². The Morgan fingerprint density at radius 1 is 1.25 bits per heavy atom. The number of rotatable bonds is 4. The van der Waals surface area contributed by atoms with Gasteiger partial charge in [-0.25, -0.2) is 9.97 Å². The van der Waals surface area contributed by atoms with Crippen molar-refractivity contribution in [2.75, 3.05) is 25.1 Å². The van der Waals surface area contributed by atoms with Gasteiger partial charge in [-0.15, -0.1) is 0 Å². The minimum Gasteiger partial charge on any atom is -0.481 e. The molecule has 1 saturated heterocycles. The van der Waals surface area contributed by atoms with E-state index < -0.39 is 0 Å². The fourth-order valence-corrected chi connectivity index (χ4v) is 3.00. The fourth-order valence-electron chi connectivity index (χ4n) is 3.00. The van der Waals surface area contributed by atoms with E-state index in [-0.39, 0.29) is 5.56 Å². The van der Waals surface area contributed by atoms with Crippen LogP contribution < -0.4 is 15.2 Å². The van der Waals surface area contributed by atoms with Crippen LogP contribution in [0.2, 0.25) is 0 Å². The van der Waals surface area contributed by atoms with Crippen molar-refractivity contribution >= 4 is 5.95 Å². The lowest BCUT2D eigenvalue weighted by Gasteiger charge is -2.32. The molecule has 7 heteroatoms. The Morgan fingerprint density at radius 2 is 2.00 bits per heavy atom. The van der Waals surface area contributed by atoms with E-state index in [2.05, 4.69) is 19.9 Å². The van der Waals surface area contributed by atoms with Gasteiger partial charge in [0.2, 0.25) is 11.8 Å². The Bertz CT molecular complexity index is 766. The zero-order chi connectivity index (χ0) is 17.1. The van der Waals surface area contributed by atoms with Gasteiger partial charge in [-0.2, -0.15) is 4.98 Å². The van der Waals surface area contributed by atoms with Crippen LogP contribution in [0, 0.1) is 19.8 Å². The third kappa shape index (κ3) is 3.39. The van der Waals surface area contributed by atoms with Crippen LogP contribution in [0.3, 0.4) is 0 Å². The Balaban J connectivity index is 1.63. The molecule has 0 unspecified atom stereocenters. The summed E-state index contributed by atoms with van der Waals surface area (Å²) in [7, 11) is 1.60. The van der Waals surface area contributed by atoms with Crippen molar-refractivity contribution in [3.05, 3.63) is 40.2 Å². The first-order valence-corrected chi connectivity index (χ1v) is 8.23. The lowest BCUT2D eigenvalue weighted by Crippen LogP contribution is -2.37. The number of anilines is 1. The van der Waals surface area contributed by atoms with E-state index in [0.717, 1.165) is 43.7 Å². The van der Waals surface area contributed by atoms with Crippen molar-refractivity contribution in [3.8, 4) is 5.88 Å². The highest BCUT2D eigenvalue weighted by Gasteiger charge is 2.22. The number of nitrogens with zero attached hydrogens (tertiary/aromatic N) is 5. The topological polar surface area (TPSA) is 73.1 Å². The van der Waals surface area contributed by atoms with E-state index in [1.54, 1.807) is 30.3 Å². The molecule has 128 valence electrons. The first kappa shape index (κ1) is 16.4. The summed E-state index contributed by atoms with van der Waals surface area (Å²) in [5, 5.41) is 0. The first-order valence-electron chi connectivity index (χ1n) is 8.23. The molecule has 0 amide bonds. The molecule has 0 N–H and O–H groups in total. The summed E-state index contributed by atoms with van der Waals surface area (Å²) in [4.78, 5) is 27.5. The van der Waals surface area contributed by atoms with Gasteiger partial charge < -0.3 is 9.64 Å². The van der Waals surface area contributed by atoms with Crippen molar-refractivity contribution in [1.29, 1.82) is 0 Å². The quantitative estimate of drug-likeness (QED) is 0.848. The predicted octanol–water partition coefficient (Wildman–Crippen LogP) is 1.58. The van der Waals surface area contributed by atoms with Crippen LogP contribution in [0.15, 0.2) is 23.4 Å². The average Bonchev–Trinajstić information content (AvgIpc) is 2.63. The van der Waals surface area contributed by atoms with Crippen molar-refractivity contribution in [2.45, 2.75) is 33.2 Å². The van der Waals surface area contributed by atoms with Crippen LogP contribution in [0.5, 0.6) is 5.88 Å². The van der Waals surface area contributed by atoms with Crippen molar-refractivity contribution in [2.24, 2.45) is 5.92 Å². The largest absolute Gasteiger partial charge is 0.481 e. The molecule has 3 rings (SSSR count). The van der Waals surface area contributed by atoms with Crippen molar-refractivity contribution in [3.63, 3.8) is 0 Å². The van der Waals surface area contributed by atoms with Gasteiger partial charge in [-0.05, 0) is 32.6 Å². The van der Waals surface area contributed by atoms with Gasteiger partial charge in [0.05, 0.1) is 13.4 Å². The number of methoxy groups -OCH3 is 1. The van der Waals surface area contributed by atoms with Crippen LogP contribution in [-0.2, 0) is 6.54 Å². The highest BCUT2D eigenvalue weighted by Crippen LogP contribution is 2.22. The van der Waals surface area contributed by atoms with E-state index >= 15 is 0 Å². The maximum absolute atomic E-state index is 12.3. The molecule has 1 aliphatic heterocycles. The molecule has 1 aliphatic rings. The zero-order valence-corrected chi connectivity index (χ0v) is 14.4. The molecule has 0 spiro atoms. The molecule has 0 saturated carbocycles. The number of aryl methyl sites for hydroxylation is 1. The summed E-state index contributed by atoms with van der Waals surface area (Å²) < 4.78 is 6.90. The standard InChI is InChI=1S/C17H23N5O2/c1-12-13(2)19-11-22(16(12)23)10-14-5-8-21(9-6-14)17-18-7-4-15(20-17)24-3/h4,7,11,14H,5-6,8-10H2,1-3H3. The van der Waals surface area contributed by atoms with E-state index in [4.69, 9.17) is 4.74 Å². The molecule has 3 heterocycles. The van der Waals surface area contributed by atoms with E-state index in [9.17, 15) is 4.79 Å². The summed E-state index contributed by atoms with van der Waals surface area (Å²) in [5.74, 6) is 1.75. The maximum atomic E-state index is 12.3. The summed E-state index contributed by atoms with van der Waals surface area (Å²) in [6.45, 7) is 6.19. The second-order valence-electron chi connectivity index (χ2n) is 6.24. The molecule has 7 nitrogen and oxygen atoms in total. The van der Waals surface area contributed by atoms with E-state index in [1.807, 2.05) is 13.8 Å². The van der Waals surface area contributed by atoms with Gasteiger partial charge in [0.15, 0.2) is 0 Å². The van der Waals surface area contributed by atoms with Gasteiger partial charge in [-0.1, -0.05) is 0 Å². The minimum absolute atomic E-state index is 0.0704. The minimum atomic E-state index is 0.0704. The van der Waals surface area contributed by atoms with Crippen LogP contribution in [0.4, 0.5) is 5.95 Å². The first-order chi connectivity index (χ1) is 11.6. The molecule has 0 bridgehead atoms. The molecule has 1 fully saturated rings. The Hall–Kier alpha value is -2.44. The third-order valence-corrected chi connectivity index (χ3v) is 4.69. The molecule has 2 aromatic rings. The van der Waals surface area contributed by atoms with Gasteiger partial charge >= 0.3 is 0 Å². The molecule has 0 radical (unpaired) electrons. The Morgan fingerprint density at radius 3 is 2.71 bits per heavy atom. The van der Waals surface area contributed by atoms with Crippen molar-refractivity contribution < 1.29 is 4.74 Å². The number of ether oxygens (including phenoxy) is 1. The second-order valence-corrected chi connectivity index (χ2v) is 6.24. The molecular weight excluding hydrogens is 306 g/mol. The monoisotopic (exact) mass is 329 g/mol. The normalized spacial score (nSPS) is 15.5. The third-order valence-electron chi connectivity index (χ3n) is 4.69. The lowest BCUT2D eigenvalue weighted by atomic mass is 9.97. The highest BCUT2D eigenvalue weighted by molar-refractivity contribution is 5.32. The molecule has 0 atom stereocenters. The molecule has 24 heavy (non-hydrogen) atoms. The molecule has 0 aromatic carbocycles. The Kier molecular flexibility index (Phi) is 4.78. The van der Waals surface area contributed by atoms with Crippen LogP contribution in [0.25, 0.3) is 0 Å². The van der Waals surface area contributed by atoms with Gasteiger partial charge in [0.25, 0.3) is 5.56 Å². The smallest absolute Gasteiger partial charge is 0.256 e. The lowest BCUT2D eigenvalue weighted by molar-refractivity contribution is 0.347. The molecule has 2 aromatic heterocycles. The summed E-state index contributed by atoms with van der Waals surface area (Å²) in [6.07, 6.45) is 5.38. The van der Waals surface area contributed by atoms with E-state index in [0.29, 0.717) is 17.7 Å². The predicted molar refractivity (Wildman–Crippen MR) is 91.5 cm³/mol. The SMILES string of the molecule is COc1ccnc(N2CCC(Cn3cnc(C)c(C)c3=O)CC2)n1. The highest BCUT2D eigenvalue weighted by atomic mass is 16.5. The van der Waals surface area contributed by atoms with Gasteiger partial charge in [-0.3, -0.25) is 9.36 Å².